The van der Waals surface area contributed by atoms with Gasteiger partial charge in [0.15, 0.2) is 0 Å². The van der Waals surface area contributed by atoms with Crippen LogP contribution < -0.4 is 11.1 Å². The minimum absolute atomic E-state index is 0.00620. The summed E-state index contributed by atoms with van der Waals surface area (Å²) in [5.74, 6) is 1.50. The Balaban J connectivity index is 1.53. The van der Waals surface area contributed by atoms with Crippen LogP contribution in [0.5, 0.6) is 0 Å². The molecule has 0 radical (unpaired) electrons. The monoisotopic (exact) mass is 621 g/mol. The fourth-order valence-corrected chi connectivity index (χ4v) is 8.62. The lowest BCUT2D eigenvalue weighted by atomic mass is 9.69. The first-order chi connectivity index (χ1) is 21.5. The van der Waals surface area contributed by atoms with E-state index < -0.39 is 5.91 Å². The lowest BCUT2D eigenvalue weighted by molar-refractivity contribution is -0.121. The van der Waals surface area contributed by atoms with E-state index in [-0.39, 0.29) is 40.8 Å². The largest absolute Gasteiger partial charge is 0.366 e. The number of amides is 3. The van der Waals surface area contributed by atoms with Gasteiger partial charge >= 0.3 is 0 Å². The number of benzene rings is 1. The quantitative estimate of drug-likeness (QED) is 0.243. The lowest BCUT2D eigenvalue weighted by Gasteiger charge is -2.44. The van der Waals surface area contributed by atoms with E-state index in [1.54, 1.807) is 18.2 Å². The Morgan fingerprint density at radius 1 is 0.733 bits per heavy atom. The van der Waals surface area contributed by atoms with Crippen LogP contribution in [0.4, 0.5) is 5.69 Å². The lowest BCUT2D eigenvalue weighted by Crippen LogP contribution is -2.50. The van der Waals surface area contributed by atoms with Crippen molar-refractivity contribution >= 4 is 23.4 Å². The molecule has 0 aliphatic heterocycles. The van der Waals surface area contributed by atoms with Crippen LogP contribution in [0.15, 0.2) is 18.2 Å². The zero-order chi connectivity index (χ0) is 32.6. The Morgan fingerprint density at radius 3 is 1.67 bits per heavy atom. The average Bonchev–Trinajstić information content (AvgIpc) is 3.03. The average molecular weight is 622 g/mol. The van der Waals surface area contributed by atoms with Crippen molar-refractivity contribution in [2.75, 3.05) is 5.32 Å². The van der Waals surface area contributed by atoms with Crippen molar-refractivity contribution in [3.8, 4) is 0 Å². The predicted molar refractivity (Wildman–Crippen MR) is 185 cm³/mol. The molecule has 1 aromatic rings. The molecule has 0 bridgehead atoms. The minimum Gasteiger partial charge on any atom is -0.366 e. The molecule has 0 unspecified atom stereocenters. The maximum absolute atomic E-state index is 14.6. The van der Waals surface area contributed by atoms with Crippen molar-refractivity contribution in [3.05, 3.63) is 29.3 Å². The smallest absolute Gasteiger partial charge is 0.254 e. The normalized spacial score (nSPS) is 27.5. The first-order valence-electron chi connectivity index (χ1n) is 18.6. The SMILES string of the molecule is CCCC[C@H]1CC[C@@H](N(C(=O)c2cc(NC(=O)C3CCC(C(C)(C)C)CC3)cc(C(N)=O)c2)[C@H]2CC[C@@H](CCCC)CC2)CC1. The number of hydrogen-bond donors (Lipinski definition) is 2. The zero-order valence-corrected chi connectivity index (χ0v) is 29.2. The third kappa shape index (κ3) is 9.81. The summed E-state index contributed by atoms with van der Waals surface area (Å²) in [6.45, 7) is 11.4. The van der Waals surface area contributed by atoms with Gasteiger partial charge in [-0.05, 0) is 118 Å². The summed E-state index contributed by atoms with van der Waals surface area (Å²) in [5.41, 5.74) is 7.28. The molecular weight excluding hydrogens is 558 g/mol. The number of carbonyl (C=O) groups excluding carboxylic acids is 3. The summed E-state index contributed by atoms with van der Waals surface area (Å²) in [5, 5.41) is 3.09. The number of hydrogen-bond acceptors (Lipinski definition) is 3. The van der Waals surface area contributed by atoms with Crippen LogP contribution in [0.1, 0.15) is 171 Å². The van der Waals surface area contributed by atoms with E-state index in [1.807, 2.05) is 0 Å². The summed E-state index contributed by atoms with van der Waals surface area (Å²) in [6.07, 6.45) is 20.4. The Bertz CT molecular complexity index is 1090. The third-order valence-corrected chi connectivity index (χ3v) is 11.6. The van der Waals surface area contributed by atoms with Gasteiger partial charge < -0.3 is 16.0 Å². The molecule has 3 N–H and O–H groups in total. The number of nitrogens with zero attached hydrogens (tertiary/aromatic N) is 1. The zero-order valence-electron chi connectivity index (χ0n) is 29.2. The third-order valence-electron chi connectivity index (χ3n) is 11.6. The summed E-state index contributed by atoms with van der Waals surface area (Å²) in [6, 6.07) is 5.53. The summed E-state index contributed by atoms with van der Waals surface area (Å²) >= 11 is 0. The Labute approximate surface area is 274 Å². The van der Waals surface area contributed by atoms with E-state index >= 15 is 0 Å². The number of nitrogens with two attached hydrogens (primary N) is 1. The van der Waals surface area contributed by atoms with Gasteiger partial charge in [0, 0.05) is 34.8 Å². The number of nitrogens with one attached hydrogen (secondary N) is 1. The maximum Gasteiger partial charge on any atom is 0.254 e. The highest BCUT2D eigenvalue weighted by atomic mass is 16.2. The summed E-state index contributed by atoms with van der Waals surface area (Å²) in [7, 11) is 0. The van der Waals surface area contributed by atoms with Gasteiger partial charge in [-0.25, -0.2) is 0 Å². The fraction of sp³-hybridized carbons (Fsp3) is 0.769. The van der Waals surface area contributed by atoms with Crippen LogP contribution in [-0.2, 0) is 4.79 Å². The predicted octanol–water partition coefficient (Wildman–Crippen LogP) is 9.52. The summed E-state index contributed by atoms with van der Waals surface area (Å²) < 4.78 is 0. The van der Waals surface area contributed by atoms with Gasteiger partial charge in [0.2, 0.25) is 11.8 Å². The molecule has 3 aliphatic carbocycles. The van der Waals surface area contributed by atoms with Crippen LogP contribution in [0.2, 0.25) is 0 Å². The van der Waals surface area contributed by atoms with Crippen molar-refractivity contribution in [1.29, 1.82) is 0 Å². The molecular formula is C39H63N3O3. The van der Waals surface area contributed by atoms with Crippen LogP contribution in [0.25, 0.3) is 0 Å². The first kappa shape index (κ1) is 35.5. The molecule has 6 heteroatoms. The molecule has 3 fully saturated rings. The van der Waals surface area contributed by atoms with Crippen LogP contribution in [0, 0.1) is 29.1 Å². The second-order valence-corrected chi connectivity index (χ2v) is 15.9. The van der Waals surface area contributed by atoms with E-state index in [1.165, 1.54) is 64.2 Å². The van der Waals surface area contributed by atoms with E-state index in [4.69, 9.17) is 5.73 Å². The van der Waals surface area contributed by atoms with Crippen molar-refractivity contribution in [2.45, 2.75) is 162 Å². The van der Waals surface area contributed by atoms with Crippen LogP contribution >= 0.6 is 0 Å². The van der Waals surface area contributed by atoms with Gasteiger partial charge in [-0.15, -0.1) is 0 Å². The first-order valence-corrected chi connectivity index (χ1v) is 18.6. The van der Waals surface area contributed by atoms with E-state index in [2.05, 4.69) is 44.8 Å². The number of unbranched alkanes of at least 4 members (excludes halogenated alkanes) is 2. The van der Waals surface area contributed by atoms with Crippen molar-refractivity contribution in [1.82, 2.24) is 4.90 Å². The highest BCUT2D eigenvalue weighted by Gasteiger charge is 2.37. The molecule has 0 heterocycles. The van der Waals surface area contributed by atoms with Crippen molar-refractivity contribution in [3.63, 3.8) is 0 Å². The number of anilines is 1. The standard InChI is InChI=1S/C39H63N3O3/c1-6-8-10-27-12-20-34(21-13-27)42(35-22-14-28(15-23-35)11-9-7-2)38(45)31-24-30(36(40)43)25-33(26-31)41-37(44)29-16-18-32(19-17-29)39(3,4)5/h24-29,32,34-35H,6-23H2,1-5H3,(H2,40,43)(H,41,44)/t27-,28-,29?,32?,34+,35+. The molecule has 3 aliphatic rings. The second-order valence-electron chi connectivity index (χ2n) is 15.9. The minimum atomic E-state index is -0.578. The molecule has 252 valence electrons. The Morgan fingerprint density at radius 2 is 1.22 bits per heavy atom. The number of carbonyl (C=O) groups is 3. The molecule has 45 heavy (non-hydrogen) atoms. The van der Waals surface area contributed by atoms with Crippen LogP contribution in [0.3, 0.4) is 0 Å². The van der Waals surface area contributed by atoms with Crippen LogP contribution in [-0.4, -0.2) is 34.7 Å². The molecule has 3 saturated carbocycles. The molecule has 0 saturated heterocycles. The molecule has 4 rings (SSSR count). The number of rotatable bonds is 12. The van der Waals surface area contributed by atoms with Gasteiger partial charge in [0.25, 0.3) is 5.91 Å². The molecule has 3 amide bonds. The number of primary amides is 1. The van der Waals surface area contributed by atoms with E-state index in [0.717, 1.165) is 63.2 Å². The second kappa shape index (κ2) is 16.5. The molecule has 0 aromatic heterocycles. The Hall–Kier alpha value is -2.37. The molecule has 0 spiro atoms. The van der Waals surface area contributed by atoms with Gasteiger partial charge in [0.1, 0.15) is 0 Å². The molecule has 0 atom stereocenters. The van der Waals surface area contributed by atoms with Gasteiger partial charge in [-0.2, -0.15) is 0 Å². The Kier molecular flexibility index (Phi) is 13.0. The van der Waals surface area contributed by atoms with Crippen molar-refractivity contribution < 1.29 is 14.4 Å². The molecule has 6 nitrogen and oxygen atoms in total. The molecule has 1 aromatic carbocycles. The van der Waals surface area contributed by atoms with E-state index in [0.29, 0.717) is 17.2 Å². The highest BCUT2D eigenvalue weighted by molar-refractivity contribution is 6.02. The fourth-order valence-electron chi connectivity index (χ4n) is 8.62. The van der Waals surface area contributed by atoms with Gasteiger partial charge in [0.05, 0.1) is 0 Å². The topological polar surface area (TPSA) is 92.5 Å². The van der Waals surface area contributed by atoms with Gasteiger partial charge in [-0.1, -0.05) is 73.1 Å². The summed E-state index contributed by atoms with van der Waals surface area (Å²) in [4.78, 5) is 42.6. The van der Waals surface area contributed by atoms with Gasteiger partial charge in [-0.3, -0.25) is 14.4 Å². The highest BCUT2D eigenvalue weighted by Crippen LogP contribution is 2.41. The maximum atomic E-state index is 14.6. The van der Waals surface area contributed by atoms with Crippen molar-refractivity contribution in [2.24, 2.45) is 34.8 Å². The van der Waals surface area contributed by atoms with E-state index in [9.17, 15) is 14.4 Å².